The van der Waals surface area contributed by atoms with Crippen LogP contribution in [0.25, 0.3) is 0 Å². The lowest BCUT2D eigenvalue weighted by atomic mass is 10.2. The number of hydrogen-bond donors (Lipinski definition) is 0. The van der Waals surface area contributed by atoms with E-state index in [-0.39, 0.29) is 0 Å². The van der Waals surface area contributed by atoms with Gasteiger partial charge in [0, 0.05) is 17.7 Å². The average Bonchev–Trinajstić information content (AvgIpc) is 2.37. The molecule has 0 N–H and O–H groups in total. The van der Waals surface area contributed by atoms with E-state index in [2.05, 4.69) is 4.90 Å². The Labute approximate surface area is 101 Å². The van der Waals surface area contributed by atoms with Crippen molar-refractivity contribution in [3.8, 4) is 0 Å². The Morgan fingerprint density at radius 3 is 1.76 bits per heavy atom. The van der Waals surface area contributed by atoms with Crippen molar-refractivity contribution >= 4 is 29.1 Å². The Bertz CT molecular complexity index is 584. The fourth-order valence-corrected chi connectivity index (χ4v) is 4.80. The topological polar surface area (TPSA) is 20.3 Å². The highest BCUT2D eigenvalue weighted by atomic mass is 31.2. The summed E-state index contributed by atoms with van der Waals surface area (Å²) in [5.41, 5.74) is 2.11. The van der Waals surface area contributed by atoms with Gasteiger partial charge in [0.05, 0.1) is 11.4 Å². The molecule has 1 aliphatic heterocycles. The standard InChI is InChI=1S/C14H14NOP/c1-15-11-7-3-5-9-13(11)17(2,16)14-10-6-4-8-12(14)15/h3-10H,1-2H3. The molecule has 0 spiro atoms. The van der Waals surface area contributed by atoms with Gasteiger partial charge in [-0.25, -0.2) is 0 Å². The van der Waals surface area contributed by atoms with E-state index in [4.69, 9.17) is 0 Å². The summed E-state index contributed by atoms with van der Waals surface area (Å²) < 4.78 is 13.0. The van der Waals surface area contributed by atoms with E-state index in [1.165, 1.54) is 0 Å². The third-order valence-electron chi connectivity index (χ3n) is 3.41. The summed E-state index contributed by atoms with van der Waals surface area (Å²) in [5.74, 6) is 0. The molecule has 17 heavy (non-hydrogen) atoms. The molecule has 0 unspecified atom stereocenters. The van der Waals surface area contributed by atoms with Crippen molar-refractivity contribution in [2.75, 3.05) is 18.6 Å². The molecule has 3 heteroatoms. The van der Waals surface area contributed by atoms with Gasteiger partial charge in [0.25, 0.3) is 0 Å². The van der Waals surface area contributed by atoms with E-state index in [9.17, 15) is 4.57 Å². The number of para-hydroxylation sites is 2. The second kappa shape index (κ2) is 3.48. The van der Waals surface area contributed by atoms with Crippen molar-refractivity contribution in [3.63, 3.8) is 0 Å². The SMILES string of the molecule is CN1c2ccccc2P(C)(=O)c2ccccc21. The van der Waals surface area contributed by atoms with E-state index in [1.54, 1.807) is 0 Å². The smallest absolute Gasteiger partial charge is 0.144 e. The molecule has 2 nitrogen and oxygen atoms in total. The molecule has 0 bridgehead atoms. The van der Waals surface area contributed by atoms with Crippen molar-refractivity contribution in [1.82, 2.24) is 0 Å². The molecule has 0 atom stereocenters. The maximum absolute atomic E-state index is 13.0. The van der Waals surface area contributed by atoms with Crippen LogP contribution in [0.15, 0.2) is 48.5 Å². The first kappa shape index (κ1) is 10.6. The van der Waals surface area contributed by atoms with Gasteiger partial charge in [-0.1, -0.05) is 24.3 Å². The molecular weight excluding hydrogens is 229 g/mol. The van der Waals surface area contributed by atoms with Gasteiger partial charge < -0.3 is 9.46 Å². The third-order valence-corrected chi connectivity index (χ3v) is 6.00. The van der Waals surface area contributed by atoms with E-state index in [0.717, 1.165) is 22.0 Å². The van der Waals surface area contributed by atoms with Crippen molar-refractivity contribution in [2.24, 2.45) is 0 Å². The molecule has 0 aliphatic carbocycles. The lowest BCUT2D eigenvalue weighted by Crippen LogP contribution is -2.32. The van der Waals surface area contributed by atoms with Crippen LogP contribution in [0, 0.1) is 0 Å². The van der Waals surface area contributed by atoms with E-state index in [0.29, 0.717) is 0 Å². The maximum atomic E-state index is 13.0. The minimum atomic E-state index is -2.45. The van der Waals surface area contributed by atoms with Crippen molar-refractivity contribution in [2.45, 2.75) is 0 Å². The average molecular weight is 243 g/mol. The van der Waals surface area contributed by atoms with Crippen molar-refractivity contribution in [1.29, 1.82) is 0 Å². The molecule has 0 aromatic heterocycles. The second-order valence-corrected chi connectivity index (χ2v) is 7.27. The van der Waals surface area contributed by atoms with Gasteiger partial charge in [-0.15, -0.1) is 0 Å². The lowest BCUT2D eigenvalue weighted by molar-refractivity contribution is 0.590. The summed E-state index contributed by atoms with van der Waals surface area (Å²) in [6.07, 6.45) is 0. The molecule has 0 fully saturated rings. The molecule has 0 saturated heterocycles. The maximum Gasteiger partial charge on any atom is 0.144 e. The van der Waals surface area contributed by atoms with Crippen LogP contribution in [0.5, 0.6) is 0 Å². The van der Waals surface area contributed by atoms with Crippen LogP contribution in [0.1, 0.15) is 0 Å². The first-order valence-corrected chi connectivity index (χ1v) is 7.78. The number of nitrogens with zero attached hydrogens (tertiary/aromatic N) is 1. The highest BCUT2D eigenvalue weighted by Gasteiger charge is 2.33. The van der Waals surface area contributed by atoms with Gasteiger partial charge in [-0.3, -0.25) is 0 Å². The molecule has 1 aliphatic rings. The van der Waals surface area contributed by atoms with Crippen LogP contribution in [0.2, 0.25) is 0 Å². The predicted molar refractivity (Wildman–Crippen MR) is 73.7 cm³/mol. The Balaban J connectivity index is 2.38. The van der Waals surface area contributed by atoms with Gasteiger partial charge in [-0.05, 0) is 30.9 Å². The minimum Gasteiger partial charge on any atom is -0.343 e. The lowest BCUT2D eigenvalue weighted by Gasteiger charge is -2.33. The van der Waals surface area contributed by atoms with Crippen molar-refractivity contribution < 1.29 is 4.57 Å². The summed E-state index contributed by atoms with van der Waals surface area (Å²) in [6.45, 7) is 1.86. The van der Waals surface area contributed by atoms with Crippen molar-refractivity contribution in [3.05, 3.63) is 48.5 Å². The summed E-state index contributed by atoms with van der Waals surface area (Å²) in [6, 6.07) is 15.9. The van der Waals surface area contributed by atoms with Gasteiger partial charge in [0.15, 0.2) is 0 Å². The molecule has 86 valence electrons. The number of benzene rings is 2. The largest absolute Gasteiger partial charge is 0.343 e. The quantitative estimate of drug-likeness (QED) is 0.663. The Hall–Kier alpha value is -1.53. The number of anilines is 2. The third kappa shape index (κ3) is 1.37. The summed E-state index contributed by atoms with van der Waals surface area (Å²) in [7, 11) is -0.421. The van der Waals surface area contributed by atoms with Gasteiger partial charge in [0.1, 0.15) is 7.14 Å². The first-order valence-electron chi connectivity index (χ1n) is 5.63. The Morgan fingerprint density at radius 2 is 1.29 bits per heavy atom. The minimum absolute atomic E-state index is 0.959. The summed E-state index contributed by atoms with van der Waals surface area (Å²) in [5, 5.41) is 1.92. The summed E-state index contributed by atoms with van der Waals surface area (Å²) in [4.78, 5) is 2.12. The monoisotopic (exact) mass is 243 g/mol. The fourth-order valence-electron chi connectivity index (χ4n) is 2.48. The highest BCUT2D eigenvalue weighted by Crippen LogP contribution is 2.49. The summed E-state index contributed by atoms with van der Waals surface area (Å²) >= 11 is 0. The Morgan fingerprint density at radius 1 is 0.882 bits per heavy atom. The van der Waals surface area contributed by atoms with E-state index < -0.39 is 7.14 Å². The molecule has 0 radical (unpaired) electrons. The molecule has 2 aromatic rings. The second-order valence-electron chi connectivity index (χ2n) is 4.46. The Kier molecular flexibility index (Phi) is 2.17. The fraction of sp³-hybridized carbons (Fsp3) is 0.143. The van der Waals surface area contributed by atoms with Crippen LogP contribution in [0.4, 0.5) is 11.4 Å². The van der Waals surface area contributed by atoms with Crippen LogP contribution >= 0.6 is 7.14 Å². The molecule has 0 amide bonds. The number of fused-ring (bicyclic) bond motifs is 2. The van der Waals surface area contributed by atoms with Gasteiger partial charge in [-0.2, -0.15) is 0 Å². The first-order chi connectivity index (χ1) is 8.12. The van der Waals surface area contributed by atoms with Gasteiger partial charge in [0.2, 0.25) is 0 Å². The molecule has 0 saturated carbocycles. The predicted octanol–water partition coefficient (Wildman–Crippen LogP) is 2.71. The zero-order valence-electron chi connectivity index (χ0n) is 9.92. The van der Waals surface area contributed by atoms with E-state index >= 15 is 0 Å². The van der Waals surface area contributed by atoms with E-state index in [1.807, 2.05) is 62.2 Å². The number of rotatable bonds is 0. The van der Waals surface area contributed by atoms with Crippen LogP contribution in [0.3, 0.4) is 0 Å². The van der Waals surface area contributed by atoms with Crippen LogP contribution in [-0.2, 0) is 4.57 Å². The normalized spacial score (nSPS) is 16.2. The molecule has 3 rings (SSSR count). The molecular formula is C14H14NOP. The number of hydrogen-bond acceptors (Lipinski definition) is 2. The van der Waals surface area contributed by atoms with Crippen LogP contribution < -0.4 is 15.5 Å². The molecule has 1 heterocycles. The zero-order chi connectivity index (χ0) is 12.0. The van der Waals surface area contributed by atoms with Crippen LogP contribution in [-0.4, -0.2) is 13.7 Å². The van der Waals surface area contributed by atoms with Gasteiger partial charge >= 0.3 is 0 Å². The molecule has 2 aromatic carbocycles. The highest BCUT2D eigenvalue weighted by molar-refractivity contribution is 7.78. The zero-order valence-corrected chi connectivity index (χ0v) is 10.8.